The van der Waals surface area contributed by atoms with Crippen LogP contribution in [0.25, 0.3) is 0 Å². The zero-order chi connectivity index (χ0) is 18.4. The molecule has 2 amide bonds. The molecule has 8 nitrogen and oxygen atoms in total. The lowest BCUT2D eigenvalue weighted by atomic mass is 9.87. The van der Waals surface area contributed by atoms with Crippen LogP contribution in [0.5, 0.6) is 0 Å². The molecule has 3 aliphatic rings. The van der Waals surface area contributed by atoms with Gasteiger partial charge in [-0.2, -0.15) is 0 Å². The topological polar surface area (TPSA) is 101 Å². The standard InChI is InChI=1S/C18H37N7O/c1-12-4-3-5-14(8-12)23-18(26)25-17-22-13(2)9-16(24-17)20-7-6-15-10-19-11-21-15/h12-17,19-22,24H,3-11H2,1-2H3,(H2,23,25,26). The molecule has 3 fully saturated rings. The number of hydrogen-bond donors (Lipinski definition) is 7. The molecular formula is C18H37N7O. The third kappa shape index (κ3) is 6.35. The molecule has 2 aliphatic heterocycles. The molecule has 0 aromatic heterocycles. The predicted molar refractivity (Wildman–Crippen MR) is 103 cm³/mol. The molecule has 0 aromatic rings. The van der Waals surface area contributed by atoms with Gasteiger partial charge in [-0.25, -0.2) is 4.79 Å². The van der Waals surface area contributed by atoms with Crippen LogP contribution in [0.15, 0.2) is 0 Å². The highest BCUT2D eigenvalue weighted by Gasteiger charge is 2.27. The van der Waals surface area contributed by atoms with Crippen molar-refractivity contribution in [2.75, 3.05) is 19.8 Å². The van der Waals surface area contributed by atoms with E-state index < -0.39 is 0 Å². The van der Waals surface area contributed by atoms with Crippen molar-refractivity contribution in [3.05, 3.63) is 0 Å². The van der Waals surface area contributed by atoms with Gasteiger partial charge in [-0.15, -0.1) is 0 Å². The Morgan fingerprint density at radius 2 is 2.00 bits per heavy atom. The van der Waals surface area contributed by atoms with Gasteiger partial charge in [-0.3, -0.25) is 10.6 Å². The van der Waals surface area contributed by atoms with Crippen molar-refractivity contribution in [1.82, 2.24) is 37.2 Å². The van der Waals surface area contributed by atoms with Crippen LogP contribution in [0, 0.1) is 5.92 Å². The third-order valence-electron chi connectivity index (χ3n) is 5.75. The minimum Gasteiger partial charge on any atom is -0.335 e. The van der Waals surface area contributed by atoms with Crippen LogP contribution in [0.2, 0.25) is 0 Å². The summed E-state index contributed by atoms with van der Waals surface area (Å²) in [6.45, 7) is 7.34. The third-order valence-corrected chi connectivity index (χ3v) is 5.75. The van der Waals surface area contributed by atoms with Crippen molar-refractivity contribution in [1.29, 1.82) is 0 Å². The van der Waals surface area contributed by atoms with Crippen molar-refractivity contribution in [2.24, 2.45) is 5.92 Å². The van der Waals surface area contributed by atoms with Crippen LogP contribution >= 0.6 is 0 Å². The molecule has 0 spiro atoms. The van der Waals surface area contributed by atoms with Crippen molar-refractivity contribution in [2.45, 2.75) is 83.0 Å². The van der Waals surface area contributed by atoms with E-state index in [1.807, 2.05) is 0 Å². The minimum atomic E-state index is -0.205. The molecule has 0 radical (unpaired) electrons. The molecule has 6 unspecified atom stereocenters. The van der Waals surface area contributed by atoms with E-state index in [2.05, 4.69) is 51.1 Å². The van der Waals surface area contributed by atoms with Crippen molar-refractivity contribution >= 4 is 6.03 Å². The van der Waals surface area contributed by atoms with Crippen LogP contribution in [-0.2, 0) is 0 Å². The average Bonchev–Trinajstić information content (AvgIpc) is 3.07. The van der Waals surface area contributed by atoms with Gasteiger partial charge >= 0.3 is 6.03 Å². The van der Waals surface area contributed by atoms with E-state index in [1.165, 1.54) is 12.8 Å². The maximum absolute atomic E-state index is 12.3. The summed E-state index contributed by atoms with van der Waals surface area (Å²) in [5, 5.41) is 23.4. The van der Waals surface area contributed by atoms with Crippen LogP contribution in [-0.4, -0.2) is 56.4 Å². The Morgan fingerprint density at radius 1 is 1.12 bits per heavy atom. The van der Waals surface area contributed by atoms with E-state index in [0.29, 0.717) is 24.0 Å². The Bertz CT molecular complexity index is 443. The monoisotopic (exact) mass is 367 g/mol. The second kappa shape index (κ2) is 9.85. The smallest absolute Gasteiger partial charge is 0.317 e. The molecule has 0 aromatic carbocycles. The Hall–Kier alpha value is -0.930. The molecule has 6 atom stereocenters. The predicted octanol–water partition coefficient (Wildman–Crippen LogP) is -0.0560. The Balaban J connectivity index is 1.37. The Labute approximate surface area is 157 Å². The number of carbonyl (C=O) groups excluding carboxylic acids is 1. The molecule has 2 saturated heterocycles. The van der Waals surface area contributed by atoms with Crippen LogP contribution in [0.3, 0.4) is 0 Å². The van der Waals surface area contributed by atoms with Gasteiger partial charge in [0.15, 0.2) is 0 Å². The average molecular weight is 368 g/mol. The van der Waals surface area contributed by atoms with Crippen molar-refractivity contribution < 1.29 is 4.79 Å². The quantitative estimate of drug-likeness (QED) is 0.355. The van der Waals surface area contributed by atoms with Crippen LogP contribution in [0.1, 0.15) is 52.4 Å². The van der Waals surface area contributed by atoms with Crippen LogP contribution in [0.4, 0.5) is 4.79 Å². The number of carbonyl (C=O) groups is 1. The van der Waals surface area contributed by atoms with Gasteiger partial charge in [-0.1, -0.05) is 19.8 Å². The van der Waals surface area contributed by atoms with Gasteiger partial charge in [0.1, 0.15) is 6.29 Å². The normalized spacial score (nSPS) is 38.1. The van der Waals surface area contributed by atoms with Gasteiger partial charge in [0, 0.05) is 31.3 Å². The largest absolute Gasteiger partial charge is 0.335 e. The molecule has 0 bridgehead atoms. The number of nitrogens with one attached hydrogen (secondary N) is 7. The summed E-state index contributed by atoms with van der Waals surface area (Å²) < 4.78 is 0. The lowest BCUT2D eigenvalue weighted by molar-refractivity contribution is 0.182. The zero-order valence-corrected chi connectivity index (χ0v) is 16.2. The highest BCUT2D eigenvalue weighted by molar-refractivity contribution is 5.74. The summed E-state index contributed by atoms with van der Waals surface area (Å²) in [5.41, 5.74) is 0. The minimum absolute atomic E-state index is 0.0804. The molecule has 150 valence electrons. The van der Waals surface area contributed by atoms with Gasteiger partial charge in [0.05, 0.1) is 6.17 Å². The SMILES string of the molecule is CC1CCCC(NC(=O)NC2NC(C)CC(NCCC3CNCN3)N2)C1. The van der Waals surface area contributed by atoms with E-state index in [-0.39, 0.29) is 18.5 Å². The second-order valence-corrected chi connectivity index (χ2v) is 8.32. The van der Waals surface area contributed by atoms with Crippen molar-refractivity contribution in [3.63, 3.8) is 0 Å². The molecule has 8 heteroatoms. The maximum atomic E-state index is 12.3. The van der Waals surface area contributed by atoms with E-state index in [0.717, 1.165) is 45.4 Å². The Morgan fingerprint density at radius 3 is 2.77 bits per heavy atom. The van der Waals surface area contributed by atoms with E-state index in [9.17, 15) is 4.79 Å². The lowest BCUT2D eigenvalue weighted by Gasteiger charge is -2.37. The molecule has 1 aliphatic carbocycles. The van der Waals surface area contributed by atoms with E-state index >= 15 is 0 Å². The van der Waals surface area contributed by atoms with E-state index in [1.54, 1.807) is 0 Å². The number of amides is 2. The molecule has 3 rings (SSSR count). The van der Waals surface area contributed by atoms with Gasteiger partial charge in [0.25, 0.3) is 0 Å². The lowest BCUT2D eigenvalue weighted by Crippen LogP contribution is -2.68. The fourth-order valence-electron chi connectivity index (χ4n) is 4.34. The summed E-state index contributed by atoms with van der Waals surface area (Å²) in [7, 11) is 0. The summed E-state index contributed by atoms with van der Waals surface area (Å²) in [5.74, 6) is 0.707. The highest BCUT2D eigenvalue weighted by Crippen LogP contribution is 2.23. The first kappa shape index (κ1) is 19.8. The molecule has 2 heterocycles. The van der Waals surface area contributed by atoms with Crippen molar-refractivity contribution in [3.8, 4) is 0 Å². The van der Waals surface area contributed by atoms with Gasteiger partial charge in [-0.05, 0) is 45.1 Å². The summed E-state index contributed by atoms with van der Waals surface area (Å²) in [6.07, 6.45) is 6.77. The Kier molecular flexibility index (Phi) is 7.51. The highest BCUT2D eigenvalue weighted by atomic mass is 16.2. The first-order valence-corrected chi connectivity index (χ1v) is 10.3. The molecule has 1 saturated carbocycles. The summed E-state index contributed by atoms with van der Waals surface area (Å²) >= 11 is 0. The zero-order valence-electron chi connectivity index (χ0n) is 16.2. The number of hydrogen-bond acceptors (Lipinski definition) is 6. The fraction of sp³-hybridized carbons (Fsp3) is 0.944. The summed E-state index contributed by atoms with van der Waals surface area (Å²) in [4.78, 5) is 12.3. The molecular weight excluding hydrogens is 330 g/mol. The van der Waals surface area contributed by atoms with Gasteiger partial charge in [0.2, 0.25) is 0 Å². The maximum Gasteiger partial charge on any atom is 0.317 e. The first-order chi connectivity index (χ1) is 12.6. The first-order valence-electron chi connectivity index (χ1n) is 10.3. The van der Waals surface area contributed by atoms with E-state index in [4.69, 9.17) is 0 Å². The summed E-state index contributed by atoms with van der Waals surface area (Å²) in [6, 6.07) is 1.13. The molecule has 26 heavy (non-hydrogen) atoms. The molecule has 7 N–H and O–H groups in total. The second-order valence-electron chi connectivity index (χ2n) is 8.32. The number of rotatable bonds is 6. The fourth-order valence-corrected chi connectivity index (χ4v) is 4.34. The number of urea groups is 1. The van der Waals surface area contributed by atoms with Crippen LogP contribution < -0.4 is 37.2 Å². The van der Waals surface area contributed by atoms with Gasteiger partial charge < -0.3 is 26.6 Å².